The summed E-state index contributed by atoms with van der Waals surface area (Å²) in [6.45, 7) is 0. The molecule has 0 saturated heterocycles. The van der Waals surface area contributed by atoms with Crippen molar-refractivity contribution in [3.8, 4) is 11.5 Å². The van der Waals surface area contributed by atoms with E-state index in [4.69, 9.17) is 21.7 Å². The highest BCUT2D eigenvalue weighted by Gasteiger charge is 2.10. The van der Waals surface area contributed by atoms with Crippen LogP contribution in [0.15, 0.2) is 36.5 Å². The Bertz CT molecular complexity index is 662. The van der Waals surface area contributed by atoms with Crippen LogP contribution in [0.5, 0.6) is 11.5 Å². The van der Waals surface area contributed by atoms with E-state index in [-0.39, 0.29) is 5.91 Å². The maximum Gasteiger partial charge on any atom is 0.255 e. The fourth-order valence-corrected chi connectivity index (χ4v) is 1.80. The highest BCUT2D eigenvalue weighted by Crippen LogP contribution is 2.27. The molecule has 5 nitrogen and oxygen atoms in total. The van der Waals surface area contributed by atoms with Crippen molar-refractivity contribution < 1.29 is 14.3 Å². The van der Waals surface area contributed by atoms with Gasteiger partial charge in [-0.05, 0) is 30.3 Å². The lowest BCUT2D eigenvalue weighted by Gasteiger charge is -2.10. The zero-order valence-corrected chi connectivity index (χ0v) is 11.9. The predicted octanol–water partition coefficient (Wildman–Crippen LogP) is 3.01. The van der Waals surface area contributed by atoms with Gasteiger partial charge in [-0.15, -0.1) is 0 Å². The van der Waals surface area contributed by atoms with Crippen LogP contribution in [0.4, 0.5) is 5.69 Å². The number of rotatable bonds is 4. The van der Waals surface area contributed by atoms with Gasteiger partial charge in [0.05, 0.1) is 19.9 Å². The SMILES string of the molecule is COc1ccc(C(=O)Nc2ccc(=S)[nH]c2)cc1OC. The maximum absolute atomic E-state index is 12.1. The Balaban J connectivity index is 2.20. The molecule has 1 aromatic carbocycles. The van der Waals surface area contributed by atoms with Gasteiger partial charge in [0.1, 0.15) is 4.64 Å². The van der Waals surface area contributed by atoms with Crippen molar-refractivity contribution in [1.82, 2.24) is 4.98 Å². The van der Waals surface area contributed by atoms with Crippen LogP contribution in [0.1, 0.15) is 10.4 Å². The Morgan fingerprint density at radius 3 is 2.50 bits per heavy atom. The van der Waals surface area contributed by atoms with Crippen LogP contribution >= 0.6 is 12.2 Å². The first kappa shape index (κ1) is 14.1. The third kappa shape index (κ3) is 3.16. The molecule has 0 spiro atoms. The standard InChI is InChI=1S/C14H14N2O3S/c1-18-11-5-3-9(7-12(11)19-2)14(17)16-10-4-6-13(20)15-8-10/h3-8H,1-2H3,(H,15,20)(H,16,17). The molecule has 0 fully saturated rings. The third-order valence-corrected chi connectivity index (χ3v) is 2.94. The first-order valence-electron chi connectivity index (χ1n) is 5.86. The number of amides is 1. The summed E-state index contributed by atoms with van der Waals surface area (Å²) < 4.78 is 10.9. The molecule has 0 aliphatic heterocycles. The van der Waals surface area contributed by atoms with Crippen molar-refractivity contribution in [1.29, 1.82) is 0 Å². The quantitative estimate of drug-likeness (QED) is 0.850. The predicted molar refractivity (Wildman–Crippen MR) is 79.1 cm³/mol. The fraction of sp³-hybridized carbons (Fsp3) is 0.143. The highest BCUT2D eigenvalue weighted by atomic mass is 32.1. The van der Waals surface area contributed by atoms with E-state index >= 15 is 0 Å². The Morgan fingerprint density at radius 2 is 1.90 bits per heavy atom. The normalized spacial score (nSPS) is 9.90. The topological polar surface area (TPSA) is 63.3 Å². The van der Waals surface area contributed by atoms with E-state index in [2.05, 4.69) is 10.3 Å². The first-order valence-corrected chi connectivity index (χ1v) is 6.27. The molecule has 0 atom stereocenters. The second-order valence-electron chi connectivity index (χ2n) is 3.97. The smallest absolute Gasteiger partial charge is 0.255 e. The van der Waals surface area contributed by atoms with Crippen LogP contribution in [0, 0.1) is 4.64 Å². The van der Waals surface area contributed by atoms with E-state index < -0.39 is 0 Å². The molecule has 0 aliphatic carbocycles. The molecule has 1 aromatic heterocycles. The van der Waals surface area contributed by atoms with Gasteiger partial charge in [-0.1, -0.05) is 12.2 Å². The Kier molecular flexibility index (Phi) is 4.37. The van der Waals surface area contributed by atoms with Crippen LogP contribution < -0.4 is 14.8 Å². The van der Waals surface area contributed by atoms with Crippen molar-refractivity contribution >= 4 is 23.8 Å². The monoisotopic (exact) mass is 290 g/mol. The second-order valence-corrected chi connectivity index (χ2v) is 4.41. The molecule has 0 aliphatic rings. The zero-order valence-electron chi connectivity index (χ0n) is 11.1. The number of nitrogens with one attached hydrogen (secondary N) is 2. The number of carbonyl (C=O) groups is 1. The molecule has 20 heavy (non-hydrogen) atoms. The summed E-state index contributed by atoms with van der Waals surface area (Å²) >= 11 is 4.94. The average molecular weight is 290 g/mol. The van der Waals surface area contributed by atoms with Crippen LogP contribution in [0.25, 0.3) is 0 Å². The van der Waals surface area contributed by atoms with E-state index in [1.165, 1.54) is 7.11 Å². The highest BCUT2D eigenvalue weighted by molar-refractivity contribution is 7.71. The number of methoxy groups -OCH3 is 2. The number of hydrogen-bond donors (Lipinski definition) is 2. The van der Waals surface area contributed by atoms with Gasteiger partial charge in [0.25, 0.3) is 5.91 Å². The Labute approximate surface area is 121 Å². The van der Waals surface area contributed by atoms with Crippen LogP contribution in [-0.4, -0.2) is 25.1 Å². The molecule has 0 saturated carbocycles. The summed E-state index contributed by atoms with van der Waals surface area (Å²) in [5.41, 5.74) is 1.11. The number of benzene rings is 1. The van der Waals surface area contributed by atoms with Crippen molar-refractivity contribution in [2.75, 3.05) is 19.5 Å². The number of aromatic amines is 1. The molecule has 104 valence electrons. The Hall–Kier alpha value is -2.34. The molecule has 1 heterocycles. The zero-order chi connectivity index (χ0) is 14.5. The van der Waals surface area contributed by atoms with Gasteiger partial charge in [-0.25, -0.2) is 0 Å². The molecule has 1 amide bonds. The summed E-state index contributed by atoms with van der Waals surface area (Å²) in [6, 6.07) is 8.42. The number of aromatic nitrogens is 1. The lowest BCUT2D eigenvalue weighted by molar-refractivity contribution is 0.102. The molecule has 2 N–H and O–H groups in total. The number of ether oxygens (including phenoxy) is 2. The molecular formula is C14H14N2O3S. The second kappa shape index (κ2) is 6.21. The molecule has 6 heteroatoms. The van der Waals surface area contributed by atoms with Crippen molar-refractivity contribution in [3.63, 3.8) is 0 Å². The van der Waals surface area contributed by atoms with Crippen LogP contribution in [0.3, 0.4) is 0 Å². The summed E-state index contributed by atoms with van der Waals surface area (Å²) in [5.74, 6) is 0.844. The van der Waals surface area contributed by atoms with Crippen LogP contribution in [0.2, 0.25) is 0 Å². The van der Waals surface area contributed by atoms with Crippen molar-refractivity contribution in [2.24, 2.45) is 0 Å². The molecule has 2 rings (SSSR count). The molecule has 0 radical (unpaired) electrons. The molecule has 0 unspecified atom stereocenters. The van der Waals surface area contributed by atoms with Gasteiger partial charge in [0, 0.05) is 11.8 Å². The lowest BCUT2D eigenvalue weighted by Crippen LogP contribution is -2.12. The van der Waals surface area contributed by atoms with Crippen LogP contribution in [-0.2, 0) is 0 Å². The number of carbonyl (C=O) groups excluding carboxylic acids is 1. The van der Waals surface area contributed by atoms with Gasteiger partial charge >= 0.3 is 0 Å². The van der Waals surface area contributed by atoms with E-state index in [1.54, 1.807) is 43.6 Å². The van der Waals surface area contributed by atoms with E-state index in [9.17, 15) is 4.79 Å². The van der Waals surface area contributed by atoms with Crippen molar-refractivity contribution in [2.45, 2.75) is 0 Å². The summed E-state index contributed by atoms with van der Waals surface area (Å²) in [7, 11) is 3.07. The summed E-state index contributed by atoms with van der Waals surface area (Å²) in [4.78, 5) is 15.0. The van der Waals surface area contributed by atoms with E-state index in [1.807, 2.05) is 0 Å². The van der Waals surface area contributed by atoms with E-state index in [0.29, 0.717) is 27.4 Å². The minimum Gasteiger partial charge on any atom is -0.493 e. The average Bonchev–Trinajstić information content (AvgIpc) is 2.48. The molecular weight excluding hydrogens is 276 g/mol. The van der Waals surface area contributed by atoms with Crippen molar-refractivity contribution in [3.05, 3.63) is 46.7 Å². The summed E-state index contributed by atoms with van der Waals surface area (Å²) in [5, 5.41) is 2.76. The number of pyridine rings is 1. The molecule has 0 bridgehead atoms. The number of H-pyrrole nitrogens is 1. The maximum atomic E-state index is 12.1. The molecule has 2 aromatic rings. The number of hydrogen-bond acceptors (Lipinski definition) is 4. The minimum absolute atomic E-state index is 0.239. The van der Waals surface area contributed by atoms with E-state index in [0.717, 1.165) is 0 Å². The van der Waals surface area contributed by atoms with Gasteiger partial charge < -0.3 is 19.8 Å². The minimum atomic E-state index is -0.239. The summed E-state index contributed by atoms with van der Waals surface area (Å²) in [6.07, 6.45) is 1.64. The lowest BCUT2D eigenvalue weighted by atomic mass is 10.2. The van der Waals surface area contributed by atoms with Gasteiger partial charge in [-0.3, -0.25) is 4.79 Å². The largest absolute Gasteiger partial charge is 0.493 e. The van der Waals surface area contributed by atoms with Gasteiger partial charge in [-0.2, -0.15) is 0 Å². The first-order chi connectivity index (χ1) is 9.63. The third-order valence-electron chi connectivity index (χ3n) is 2.69. The Morgan fingerprint density at radius 1 is 1.15 bits per heavy atom. The fourth-order valence-electron chi connectivity index (χ4n) is 1.67. The van der Waals surface area contributed by atoms with Gasteiger partial charge in [0.2, 0.25) is 0 Å². The van der Waals surface area contributed by atoms with Gasteiger partial charge in [0.15, 0.2) is 11.5 Å². The number of anilines is 1.